The predicted octanol–water partition coefficient (Wildman–Crippen LogP) is 2.26. The summed E-state index contributed by atoms with van der Waals surface area (Å²) in [7, 11) is 0. The quantitative estimate of drug-likeness (QED) is 0.337. The summed E-state index contributed by atoms with van der Waals surface area (Å²) in [6, 6.07) is 0. The number of alkyl carbamates (subject to hydrolysis) is 1. The van der Waals surface area contributed by atoms with Crippen molar-refractivity contribution >= 4 is 58.2 Å². The van der Waals surface area contributed by atoms with E-state index in [1.807, 2.05) is 0 Å². The number of thiazole rings is 2. The SMILES string of the molecule is CC(=O)NC1=C(OC(C)=O)C(=O)C(C)(c2nccs2)O1.CCOC(=O)NC1=C(OC(C)=O)C(=O)C(C)(c2nccs2)O1. The molecule has 0 radical (unpaired) electrons. The minimum Gasteiger partial charge on any atom is -0.454 e. The number of carbonyl (C=O) groups excluding carboxylic acids is 6. The molecule has 2 N–H and O–H groups in total. The van der Waals surface area contributed by atoms with Crippen LogP contribution >= 0.6 is 22.7 Å². The van der Waals surface area contributed by atoms with Crippen molar-refractivity contribution in [2.45, 2.75) is 52.7 Å². The first kappa shape index (κ1) is 31.9. The molecule has 0 aliphatic carbocycles. The van der Waals surface area contributed by atoms with Gasteiger partial charge in [0.05, 0.1) is 6.61 Å². The average Bonchev–Trinajstić information content (AvgIpc) is 3.69. The van der Waals surface area contributed by atoms with Crippen LogP contribution in [0.5, 0.6) is 0 Å². The number of nitrogens with one attached hydrogen (secondary N) is 2. The van der Waals surface area contributed by atoms with Crippen LogP contribution in [0.15, 0.2) is 46.4 Å². The molecule has 4 rings (SSSR count). The first-order valence-electron chi connectivity index (χ1n) is 12.1. The van der Waals surface area contributed by atoms with Crippen molar-refractivity contribution in [3.05, 3.63) is 56.5 Å². The molecule has 0 fully saturated rings. The van der Waals surface area contributed by atoms with Gasteiger partial charge < -0.3 is 23.7 Å². The molecule has 0 saturated carbocycles. The number of amides is 2. The number of carbonyl (C=O) groups is 6. The summed E-state index contributed by atoms with van der Waals surface area (Å²) in [6.07, 6.45) is 2.23. The van der Waals surface area contributed by atoms with E-state index in [1.54, 1.807) is 17.7 Å². The van der Waals surface area contributed by atoms with E-state index in [9.17, 15) is 28.8 Å². The van der Waals surface area contributed by atoms with Crippen molar-refractivity contribution in [1.82, 2.24) is 20.6 Å². The van der Waals surface area contributed by atoms with E-state index in [4.69, 9.17) is 23.7 Å². The van der Waals surface area contributed by atoms with Gasteiger partial charge in [0.2, 0.25) is 40.4 Å². The molecular formula is C25H26N4O11S2. The smallest absolute Gasteiger partial charge is 0.414 e. The van der Waals surface area contributed by atoms with Crippen molar-refractivity contribution < 1.29 is 52.5 Å². The number of ether oxygens (including phenoxy) is 5. The molecule has 0 aromatic carbocycles. The standard InChI is InChI=1S/C13H14N2O6S.C12H12N2O5S/c1-4-19-12(18)15-10-8(20-7(2)16)9(17)13(3,21-10)11-14-5-6-22-11;1-6(15)14-10-8(18-7(2)16)9(17)12(3,19-10)11-13-4-5-20-11/h5-6H,4H2,1-3H3,(H,15,18);4-5H,1-3H3,(H,14,15). The molecule has 4 heterocycles. The van der Waals surface area contributed by atoms with Gasteiger partial charge in [-0.15, -0.1) is 22.7 Å². The molecule has 0 saturated heterocycles. The van der Waals surface area contributed by atoms with E-state index in [-0.39, 0.29) is 29.9 Å². The van der Waals surface area contributed by atoms with Crippen molar-refractivity contribution in [2.24, 2.45) is 0 Å². The fourth-order valence-corrected chi connectivity index (χ4v) is 4.95. The van der Waals surface area contributed by atoms with Gasteiger partial charge in [0, 0.05) is 43.9 Å². The van der Waals surface area contributed by atoms with Crippen molar-refractivity contribution in [3.8, 4) is 0 Å². The maximum Gasteiger partial charge on any atom is 0.414 e. The Kier molecular flexibility index (Phi) is 9.79. The normalized spacial score (nSPS) is 21.1. The number of rotatable bonds is 7. The van der Waals surface area contributed by atoms with Gasteiger partial charge in [0.25, 0.3) is 11.6 Å². The molecule has 2 aliphatic heterocycles. The molecule has 2 aromatic heterocycles. The summed E-state index contributed by atoms with van der Waals surface area (Å²) in [6.45, 7) is 8.31. The van der Waals surface area contributed by atoms with Crippen molar-refractivity contribution in [3.63, 3.8) is 0 Å². The van der Waals surface area contributed by atoms with Gasteiger partial charge in [-0.25, -0.2) is 14.8 Å². The maximum absolute atomic E-state index is 12.5. The fourth-order valence-electron chi connectivity index (χ4n) is 3.49. The second-order valence-corrected chi connectivity index (χ2v) is 10.4. The van der Waals surface area contributed by atoms with Gasteiger partial charge in [0.15, 0.2) is 0 Å². The Morgan fingerprint density at radius 3 is 1.57 bits per heavy atom. The fraction of sp³-hybridized carbons (Fsp3) is 0.360. The highest BCUT2D eigenvalue weighted by molar-refractivity contribution is 7.10. The lowest BCUT2D eigenvalue weighted by molar-refractivity contribution is -0.142. The van der Waals surface area contributed by atoms with Crippen LogP contribution in [0.4, 0.5) is 4.79 Å². The predicted molar refractivity (Wildman–Crippen MR) is 143 cm³/mol. The van der Waals surface area contributed by atoms with Gasteiger partial charge in [-0.2, -0.15) is 0 Å². The van der Waals surface area contributed by atoms with Crippen LogP contribution < -0.4 is 10.6 Å². The maximum atomic E-state index is 12.5. The van der Waals surface area contributed by atoms with Crippen LogP contribution in [0.3, 0.4) is 0 Å². The molecule has 15 nitrogen and oxygen atoms in total. The number of aromatic nitrogens is 2. The number of hydrogen-bond donors (Lipinski definition) is 2. The summed E-state index contributed by atoms with van der Waals surface area (Å²) < 4.78 is 25.5. The number of hydrogen-bond acceptors (Lipinski definition) is 15. The second kappa shape index (κ2) is 12.9. The Morgan fingerprint density at radius 2 is 1.24 bits per heavy atom. The Hall–Kier alpha value is -4.64. The minimum atomic E-state index is -1.46. The molecule has 2 unspecified atom stereocenters. The molecule has 224 valence electrons. The topological polar surface area (TPSA) is 198 Å². The van der Waals surface area contributed by atoms with Crippen LogP contribution in [0.25, 0.3) is 0 Å². The van der Waals surface area contributed by atoms with Crippen LogP contribution in [0.2, 0.25) is 0 Å². The number of Topliss-reactive ketones (excluding diaryl/α,β-unsaturated/α-hetero) is 2. The first-order chi connectivity index (χ1) is 19.7. The van der Waals surface area contributed by atoms with E-state index in [0.717, 1.165) is 13.8 Å². The Bertz CT molecular complexity index is 1470. The van der Waals surface area contributed by atoms with Gasteiger partial charge in [-0.05, 0) is 20.8 Å². The van der Waals surface area contributed by atoms with Crippen molar-refractivity contribution in [1.29, 1.82) is 0 Å². The van der Waals surface area contributed by atoms with E-state index < -0.39 is 46.7 Å². The average molecular weight is 623 g/mol. The third kappa shape index (κ3) is 6.80. The van der Waals surface area contributed by atoms with Crippen LogP contribution in [-0.2, 0) is 58.9 Å². The zero-order valence-electron chi connectivity index (χ0n) is 23.2. The zero-order valence-corrected chi connectivity index (χ0v) is 24.9. The number of nitrogens with zero attached hydrogens (tertiary/aromatic N) is 2. The Labute approximate surface area is 246 Å². The number of ketones is 2. The van der Waals surface area contributed by atoms with E-state index in [1.165, 1.54) is 55.8 Å². The molecular weight excluding hydrogens is 596 g/mol. The van der Waals surface area contributed by atoms with Gasteiger partial charge in [0.1, 0.15) is 10.0 Å². The largest absolute Gasteiger partial charge is 0.454 e. The van der Waals surface area contributed by atoms with Gasteiger partial charge in [-0.1, -0.05) is 0 Å². The van der Waals surface area contributed by atoms with E-state index >= 15 is 0 Å². The van der Waals surface area contributed by atoms with Crippen LogP contribution in [0, 0.1) is 0 Å². The monoisotopic (exact) mass is 622 g/mol. The lowest BCUT2D eigenvalue weighted by Gasteiger charge is -2.20. The summed E-state index contributed by atoms with van der Waals surface area (Å²) in [5.74, 6) is -4.13. The molecule has 2 aromatic rings. The molecule has 0 bridgehead atoms. The summed E-state index contributed by atoms with van der Waals surface area (Å²) in [5, 5.41) is 8.76. The van der Waals surface area contributed by atoms with Crippen LogP contribution in [0.1, 0.15) is 51.6 Å². The second-order valence-electron chi connectivity index (χ2n) is 8.63. The van der Waals surface area contributed by atoms with E-state index in [0.29, 0.717) is 10.0 Å². The first-order valence-corrected chi connectivity index (χ1v) is 13.8. The lowest BCUT2D eigenvalue weighted by atomic mass is 10.0. The molecule has 2 amide bonds. The highest BCUT2D eigenvalue weighted by Crippen LogP contribution is 2.40. The molecule has 17 heteroatoms. The third-order valence-corrected chi connectivity index (χ3v) is 7.21. The molecule has 2 aliphatic rings. The zero-order chi connectivity index (χ0) is 31.2. The highest BCUT2D eigenvalue weighted by atomic mass is 32.1. The summed E-state index contributed by atoms with van der Waals surface area (Å²) in [5.41, 5.74) is -2.87. The third-order valence-electron chi connectivity index (χ3n) is 5.26. The minimum absolute atomic E-state index is 0.139. The summed E-state index contributed by atoms with van der Waals surface area (Å²) >= 11 is 2.43. The highest BCUT2D eigenvalue weighted by Gasteiger charge is 2.52. The van der Waals surface area contributed by atoms with E-state index in [2.05, 4.69) is 20.6 Å². The number of esters is 2. The van der Waals surface area contributed by atoms with Crippen molar-refractivity contribution in [2.75, 3.05) is 6.61 Å². The van der Waals surface area contributed by atoms with Gasteiger partial charge >= 0.3 is 18.0 Å². The molecule has 0 spiro atoms. The van der Waals surface area contributed by atoms with Crippen LogP contribution in [-0.4, -0.2) is 52.1 Å². The van der Waals surface area contributed by atoms with Gasteiger partial charge in [-0.3, -0.25) is 34.6 Å². The lowest BCUT2D eigenvalue weighted by Crippen LogP contribution is -2.32. The molecule has 42 heavy (non-hydrogen) atoms. The Balaban J connectivity index is 0.000000231. The Morgan fingerprint density at radius 1 is 0.810 bits per heavy atom. The molecule has 2 atom stereocenters. The summed E-state index contributed by atoms with van der Waals surface area (Å²) in [4.78, 5) is 78.0.